The van der Waals surface area contributed by atoms with Gasteiger partial charge in [-0.2, -0.15) is 0 Å². The van der Waals surface area contributed by atoms with Crippen LogP contribution >= 0.6 is 0 Å². The lowest BCUT2D eigenvalue weighted by atomic mass is 10.0. The minimum atomic E-state index is -0.210. The van der Waals surface area contributed by atoms with E-state index in [-0.39, 0.29) is 17.9 Å². The van der Waals surface area contributed by atoms with E-state index in [1.54, 1.807) is 6.20 Å². The van der Waals surface area contributed by atoms with Crippen LogP contribution in [0.3, 0.4) is 0 Å². The van der Waals surface area contributed by atoms with Crippen molar-refractivity contribution in [1.82, 2.24) is 14.8 Å². The highest BCUT2D eigenvalue weighted by Gasteiger charge is 2.36. The van der Waals surface area contributed by atoms with E-state index in [0.29, 0.717) is 12.5 Å². The molecule has 1 aromatic rings. The maximum Gasteiger partial charge on any atom is 0.234 e. The van der Waals surface area contributed by atoms with Gasteiger partial charge in [-0.05, 0) is 50.8 Å². The molecule has 6 heteroatoms. The van der Waals surface area contributed by atoms with Gasteiger partial charge in [0.25, 0.3) is 0 Å². The number of amides is 2. The van der Waals surface area contributed by atoms with E-state index in [9.17, 15) is 9.59 Å². The molecule has 3 rings (SSSR count). The third kappa shape index (κ3) is 3.75. The minimum Gasteiger partial charge on any atom is -0.368 e. The summed E-state index contributed by atoms with van der Waals surface area (Å²) in [7, 11) is 0. The van der Waals surface area contributed by atoms with Gasteiger partial charge in [-0.1, -0.05) is 6.07 Å². The molecule has 2 aliphatic heterocycles. The summed E-state index contributed by atoms with van der Waals surface area (Å²) in [4.78, 5) is 32.5. The van der Waals surface area contributed by atoms with Crippen LogP contribution in [0.5, 0.6) is 0 Å². The monoisotopic (exact) mass is 330 g/mol. The largest absolute Gasteiger partial charge is 0.368 e. The lowest BCUT2D eigenvalue weighted by Crippen LogP contribution is -2.51. The summed E-state index contributed by atoms with van der Waals surface area (Å²) in [6.45, 7) is 4.39. The Balaban J connectivity index is 1.52. The van der Waals surface area contributed by atoms with Gasteiger partial charge < -0.3 is 10.6 Å². The first kappa shape index (κ1) is 16.9. The van der Waals surface area contributed by atoms with Crippen molar-refractivity contribution in [1.29, 1.82) is 0 Å². The molecule has 0 spiro atoms. The molecule has 0 radical (unpaired) electrons. The normalized spacial score (nSPS) is 22.7. The van der Waals surface area contributed by atoms with Crippen molar-refractivity contribution in [3.05, 3.63) is 29.6 Å². The Labute approximate surface area is 143 Å². The van der Waals surface area contributed by atoms with E-state index in [1.165, 1.54) is 0 Å². The number of pyridine rings is 1. The molecule has 2 amide bonds. The van der Waals surface area contributed by atoms with Crippen molar-refractivity contribution in [2.24, 2.45) is 5.73 Å². The molecule has 6 nitrogen and oxygen atoms in total. The number of rotatable bonds is 4. The predicted octanol–water partition coefficient (Wildman–Crippen LogP) is 0.873. The fraction of sp³-hybridized carbons (Fsp3) is 0.611. The number of nitrogens with two attached hydrogens (primary N) is 1. The molecule has 3 heterocycles. The smallest absolute Gasteiger partial charge is 0.234 e. The molecule has 2 aliphatic rings. The third-order valence-corrected chi connectivity index (χ3v) is 5.24. The maximum absolute atomic E-state index is 12.5. The number of piperidine rings is 1. The summed E-state index contributed by atoms with van der Waals surface area (Å²) >= 11 is 0. The third-order valence-electron chi connectivity index (χ3n) is 5.24. The zero-order valence-electron chi connectivity index (χ0n) is 14.3. The molecule has 24 heavy (non-hydrogen) atoms. The van der Waals surface area contributed by atoms with Crippen LogP contribution in [0.1, 0.15) is 36.9 Å². The second-order valence-electron chi connectivity index (χ2n) is 6.89. The minimum absolute atomic E-state index is 0.115. The number of primary amides is 1. The highest BCUT2D eigenvalue weighted by molar-refractivity contribution is 5.80. The van der Waals surface area contributed by atoms with Gasteiger partial charge in [-0.15, -0.1) is 0 Å². The molecule has 1 atom stereocenters. The lowest BCUT2D eigenvalue weighted by molar-refractivity contribution is -0.133. The van der Waals surface area contributed by atoms with E-state index in [1.807, 2.05) is 24.0 Å². The fourth-order valence-corrected chi connectivity index (χ4v) is 3.87. The Morgan fingerprint density at radius 2 is 1.96 bits per heavy atom. The Morgan fingerprint density at radius 3 is 2.58 bits per heavy atom. The molecule has 2 fully saturated rings. The molecule has 130 valence electrons. The van der Waals surface area contributed by atoms with Crippen molar-refractivity contribution in [3.63, 3.8) is 0 Å². The quantitative estimate of drug-likeness (QED) is 0.888. The fourth-order valence-electron chi connectivity index (χ4n) is 3.87. The van der Waals surface area contributed by atoms with Gasteiger partial charge in [0.2, 0.25) is 11.8 Å². The lowest BCUT2D eigenvalue weighted by Gasteiger charge is -2.38. The van der Waals surface area contributed by atoms with Crippen molar-refractivity contribution in [2.45, 2.75) is 51.1 Å². The molecule has 2 saturated heterocycles. The van der Waals surface area contributed by atoms with Crippen molar-refractivity contribution in [2.75, 3.05) is 19.6 Å². The highest BCUT2D eigenvalue weighted by atomic mass is 16.2. The van der Waals surface area contributed by atoms with Crippen LogP contribution in [0.15, 0.2) is 18.3 Å². The zero-order chi connectivity index (χ0) is 17.1. The van der Waals surface area contributed by atoms with E-state index in [4.69, 9.17) is 5.73 Å². The van der Waals surface area contributed by atoms with Gasteiger partial charge in [0, 0.05) is 31.0 Å². The first-order valence-corrected chi connectivity index (χ1v) is 8.79. The second-order valence-corrected chi connectivity index (χ2v) is 6.89. The number of likely N-dealkylation sites (tertiary alicyclic amines) is 2. The summed E-state index contributed by atoms with van der Waals surface area (Å²) in [5.41, 5.74) is 7.43. The predicted molar refractivity (Wildman–Crippen MR) is 91.2 cm³/mol. The Hall–Kier alpha value is -1.95. The van der Waals surface area contributed by atoms with Crippen molar-refractivity contribution < 1.29 is 9.59 Å². The van der Waals surface area contributed by atoms with Crippen LogP contribution in [-0.2, 0) is 16.0 Å². The summed E-state index contributed by atoms with van der Waals surface area (Å²) in [6, 6.07) is 4.16. The molecular weight excluding hydrogens is 304 g/mol. The molecule has 0 aliphatic carbocycles. The number of hydrogen-bond acceptors (Lipinski definition) is 4. The van der Waals surface area contributed by atoms with Crippen molar-refractivity contribution >= 4 is 11.8 Å². The van der Waals surface area contributed by atoms with Crippen LogP contribution in [0.2, 0.25) is 0 Å². The first-order chi connectivity index (χ1) is 11.5. The SMILES string of the molecule is Cc1ccc(CC(=O)N2CCC(N3CCC[C@H]3C(N)=O)CC2)cn1. The molecule has 2 N–H and O–H groups in total. The van der Waals surface area contributed by atoms with E-state index in [2.05, 4.69) is 9.88 Å². The van der Waals surface area contributed by atoms with E-state index < -0.39 is 0 Å². The van der Waals surface area contributed by atoms with E-state index in [0.717, 1.165) is 56.6 Å². The second kappa shape index (κ2) is 7.30. The van der Waals surface area contributed by atoms with Crippen LogP contribution in [0, 0.1) is 6.92 Å². The van der Waals surface area contributed by atoms with Crippen molar-refractivity contribution in [3.8, 4) is 0 Å². The molecular formula is C18H26N4O2. The summed E-state index contributed by atoms with van der Waals surface area (Å²) in [5, 5.41) is 0. The highest BCUT2D eigenvalue weighted by Crippen LogP contribution is 2.26. The van der Waals surface area contributed by atoms with Gasteiger partial charge in [0.1, 0.15) is 0 Å². The summed E-state index contributed by atoms with van der Waals surface area (Å²) < 4.78 is 0. The van der Waals surface area contributed by atoms with Gasteiger partial charge in [-0.3, -0.25) is 19.5 Å². The molecule has 0 bridgehead atoms. The van der Waals surface area contributed by atoms with Crippen LogP contribution in [-0.4, -0.2) is 58.3 Å². The molecule has 0 aromatic carbocycles. The van der Waals surface area contributed by atoms with E-state index >= 15 is 0 Å². The molecule has 1 aromatic heterocycles. The zero-order valence-corrected chi connectivity index (χ0v) is 14.3. The maximum atomic E-state index is 12.5. The first-order valence-electron chi connectivity index (χ1n) is 8.79. The Morgan fingerprint density at radius 1 is 1.21 bits per heavy atom. The van der Waals surface area contributed by atoms with Gasteiger partial charge in [0.05, 0.1) is 12.5 Å². The molecule has 0 unspecified atom stereocenters. The number of aromatic nitrogens is 1. The topological polar surface area (TPSA) is 79.5 Å². The Bertz CT molecular complexity index is 594. The van der Waals surface area contributed by atoms with Gasteiger partial charge >= 0.3 is 0 Å². The van der Waals surface area contributed by atoms with Crippen LogP contribution < -0.4 is 5.73 Å². The Kier molecular flexibility index (Phi) is 5.14. The number of carbonyl (C=O) groups is 2. The average Bonchev–Trinajstić information content (AvgIpc) is 3.07. The number of carbonyl (C=O) groups excluding carboxylic acids is 2. The summed E-state index contributed by atoms with van der Waals surface area (Å²) in [5.74, 6) is -0.0511. The number of nitrogens with zero attached hydrogens (tertiary/aromatic N) is 3. The standard InChI is InChI=1S/C18H26N4O2/c1-13-4-5-14(12-20-13)11-17(23)21-9-6-15(7-10-21)22-8-2-3-16(22)18(19)24/h4-5,12,15-16H,2-3,6-11H2,1H3,(H2,19,24)/t16-/m0/s1. The van der Waals surface area contributed by atoms with Crippen LogP contribution in [0.4, 0.5) is 0 Å². The van der Waals surface area contributed by atoms with Gasteiger partial charge in [0.15, 0.2) is 0 Å². The van der Waals surface area contributed by atoms with Gasteiger partial charge in [-0.25, -0.2) is 0 Å². The number of aryl methyl sites for hydroxylation is 1. The molecule has 0 saturated carbocycles. The van der Waals surface area contributed by atoms with Crippen LogP contribution in [0.25, 0.3) is 0 Å². The average molecular weight is 330 g/mol. The summed E-state index contributed by atoms with van der Waals surface area (Å²) in [6.07, 6.45) is 5.93. The number of hydrogen-bond donors (Lipinski definition) is 1.